The van der Waals surface area contributed by atoms with Gasteiger partial charge in [0.2, 0.25) is 0 Å². The molecule has 1 heteroatoms. The van der Waals surface area contributed by atoms with Crippen LogP contribution in [0.3, 0.4) is 0 Å². The topological polar surface area (TPSA) is 0 Å². The molecule has 0 spiro atoms. The van der Waals surface area contributed by atoms with Gasteiger partial charge in [-0.3, -0.25) is 0 Å². The summed E-state index contributed by atoms with van der Waals surface area (Å²) in [6.45, 7) is 5.91. The molecule has 2 aromatic carbocycles. The van der Waals surface area contributed by atoms with Crippen LogP contribution in [-0.2, 0) is 5.75 Å². The fourth-order valence-corrected chi connectivity index (χ4v) is 2.45. The second-order valence-electron chi connectivity index (χ2n) is 4.05. The van der Waals surface area contributed by atoms with E-state index in [1.165, 1.54) is 21.6 Å². The fourth-order valence-electron chi connectivity index (χ4n) is 1.61. The molecule has 0 bridgehead atoms. The molecular formula is C16H16S. The average Bonchev–Trinajstić information content (AvgIpc) is 2.38. The first kappa shape index (κ1) is 12.0. The number of benzene rings is 2. The summed E-state index contributed by atoms with van der Waals surface area (Å²) in [5, 5.41) is 0. The van der Waals surface area contributed by atoms with Crippen LogP contribution in [0.1, 0.15) is 16.7 Å². The van der Waals surface area contributed by atoms with Gasteiger partial charge in [0.1, 0.15) is 0 Å². The Kier molecular flexibility index (Phi) is 4.05. The quantitative estimate of drug-likeness (QED) is 0.683. The molecular weight excluding hydrogens is 224 g/mol. The monoisotopic (exact) mass is 240 g/mol. The van der Waals surface area contributed by atoms with Crippen LogP contribution in [0.4, 0.5) is 0 Å². The van der Waals surface area contributed by atoms with Crippen molar-refractivity contribution in [1.82, 2.24) is 0 Å². The van der Waals surface area contributed by atoms with Gasteiger partial charge >= 0.3 is 0 Å². The van der Waals surface area contributed by atoms with Gasteiger partial charge in [-0.15, -0.1) is 11.8 Å². The molecule has 0 aliphatic heterocycles. The zero-order valence-corrected chi connectivity index (χ0v) is 10.8. The van der Waals surface area contributed by atoms with Crippen LogP contribution in [0.25, 0.3) is 6.08 Å². The van der Waals surface area contributed by atoms with Crippen LogP contribution in [0, 0.1) is 6.92 Å². The lowest BCUT2D eigenvalue weighted by atomic mass is 10.1. The van der Waals surface area contributed by atoms with Gasteiger partial charge in [0.15, 0.2) is 0 Å². The predicted molar refractivity (Wildman–Crippen MR) is 77.3 cm³/mol. The molecule has 0 atom stereocenters. The molecule has 0 unspecified atom stereocenters. The third-order valence-electron chi connectivity index (χ3n) is 2.61. The van der Waals surface area contributed by atoms with Gasteiger partial charge in [0.05, 0.1) is 0 Å². The third-order valence-corrected chi connectivity index (χ3v) is 3.70. The highest BCUT2D eigenvalue weighted by atomic mass is 32.2. The summed E-state index contributed by atoms with van der Waals surface area (Å²) in [5.41, 5.74) is 3.84. The van der Waals surface area contributed by atoms with E-state index in [0.717, 1.165) is 5.75 Å². The van der Waals surface area contributed by atoms with Crippen molar-refractivity contribution < 1.29 is 0 Å². The molecule has 0 fully saturated rings. The van der Waals surface area contributed by atoms with Gasteiger partial charge in [-0.25, -0.2) is 0 Å². The Labute approximate surface area is 107 Å². The largest absolute Gasteiger partial charge is 0.121 e. The van der Waals surface area contributed by atoms with Crippen LogP contribution < -0.4 is 0 Å². The normalized spacial score (nSPS) is 10.2. The Hall–Kier alpha value is -1.47. The lowest BCUT2D eigenvalue weighted by molar-refractivity contribution is 1.35. The minimum absolute atomic E-state index is 1.00. The first-order valence-corrected chi connectivity index (χ1v) is 6.67. The van der Waals surface area contributed by atoms with Crippen LogP contribution in [-0.4, -0.2) is 0 Å². The van der Waals surface area contributed by atoms with Gasteiger partial charge in [0.25, 0.3) is 0 Å². The summed E-state index contributed by atoms with van der Waals surface area (Å²) >= 11 is 1.87. The third kappa shape index (κ3) is 3.50. The Morgan fingerprint density at radius 2 is 1.88 bits per heavy atom. The highest BCUT2D eigenvalue weighted by Crippen LogP contribution is 2.23. The maximum Gasteiger partial charge on any atom is 0.0232 e. The maximum atomic E-state index is 3.79. The molecule has 0 amide bonds. The molecule has 0 aromatic heterocycles. The molecule has 0 aliphatic carbocycles. The maximum absolute atomic E-state index is 3.79. The molecule has 17 heavy (non-hydrogen) atoms. The van der Waals surface area contributed by atoms with Gasteiger partial charge < -0.3 is 0 Å². The van der Waals surface area contributed by atoms with Crippen molar-refractivity contribution >= 4 is 17.8 Å². The molecule has 2 aromatic rings. The predicted octanol–water partition coefficient (Wildman–Crippen LogP) is 4.93. The van der Waals surface area contributed by atoms with E-state index in [1.807, 2.05) is 17.8 Å². The van der Waals surface area contributed by atoms with E-state index in [9.17, 15) is 0 Å². The zero-order valence-electron chi connectivity index (χ0n) is 10.0. The molecule has 0 N–H and O–H groups in total. The lowest BCUT2D eigenvalue weighted by Crippen LogP contribution is -1.82. The summed E-state index contributed by atoms with van der Waals surface area (Å²) in [5.74, 6) is 1.00. The van der Waals surface area contributed by atoms with Crippen molar-refractivity contribution in [1.29, 1.82) is 0 Å². The second kappa shape index (κ2) is 5.74. The van der Waals surface area contributed by atoms with E-state index < -0.39 is 0 Å². The first-order valence-electron chi connectivity index (χ1n) is 5.69. The van der Waals surface area contributed by atoms with Gasteiger partial charge in [-0.05, 0) is 30.2 Å². The second-order valence-corrected chi connectivity index (χ2v) is 5.10. The Morgan fingerprint density at radius 3 is 2.59 bits per heavy atom. The van der Waals surface area contributed by atoms with Gasteiger partial charge in [-0.1, -0.05) is 54.6 Å². The fraction of sp³-hybridized carbons (Fsp3) is 0.125. The van der Waals surface area contributed by atoms with E-state index in [0.29, 0.717) is 0 Å². The summed E-state index contributed by atoms with van der Waals surface area (Å²) in [6.07, 6.45) is 1.89. The van der Waals surface area contributed by atoms with E-state index in [1.54, 1.807) is 0 Å². The molecule has 0 radical (unpaired) electrons. The van der Waals surface area contributed by atoms with E-state index in [4.69, 9.17) is 0 Å². The lowest BCUT2D eigenvalue weighted by Gasteiger charge is -2.03. The van der Waals surface area contributed by atoms with E-state index in [2.05, 4.69) is 62.0 Å². The highest BCUT2D eigenvalue weighted by molar-refractivity contribution is 7.98. The summed E-state index contributed by atoms with van der Waals surface area (Å²) in [7, 11) is 0. The van der Waals surface area contributed by atoms with Gasteiger partial charge in [0, 0.05) is 10.6 Å². The molecule has 0 saturated carbocycles. The van der Waals surface area contributed by atoms with E-state index in [-0.39, 0.29) is 0 Å². The summed E-state index contributed by atoms with van der Waals surface area (Å²) in [6, 6.07) is 17.2. The molecule has 86 valence electrons. The van der Waals surface area contributed by atoms with Crippen LogP contribution >= 0.6 is 11.8 Å². The first-order chi connectivity index (χ1) is 8.28. The Morgan fingerprint density at radius 1 is 1.12 bits per heavy atom. The standard InChI is InChI=1S/C16H16S/c1-3-14-5-4-6-15(11-14)12-17-16-9-7-13(2)8-10-16/h3-11H,1,12H2,2H3. The highest BCUT2D eigenvalue weighted by Gasteiger charge is 1.97. The summed E-state index contributed by atoms with van der Waals surface area (Å²) in [4.78, 5) is 1.32. The van der Waals surface area contributed by atoms with Gasteiger partial charge in [-0.2, -0.15) is 0 Å². The van der Waals surface area contributed by atoms with Crippen molar-refractivity contribution in [3.05, 3.63) is 71.8 Å². The van der Waals surface area contributed by atoms with Crippen molar-refractivity contribution in [2.75, 3.05) is 0 Å². The van der Waals surface area contributed by atoms with Crippen LogP contribution in [0.2, 0.25) is 0 Å². The number of aryl methyl sites for hydroxylation is 1. The molecule has 0 heterocycles. The zero-order chi connectivity index (χ0) is 12.1. The number of rotatable bonds is 4. The van der Waals surface area contributed by atoms with E-state index >= 15 is 0 Å². The Bertz CT molecular complexity index is 497. The average molecular weight is 240 g/mol. The minimum atomic E-state index is 1.00. The van der Waals surface area contributed by atoms with Crippen LogP contribution in [0.15, 0.2) is 60.0 Å². The van der Waals surface area contributed by atoms with Crippen molar-refractivity contribution in [3.8, 4) is 0 Å². The molecule has 2 rings (SSSR count). The number of hydrogen-bond donors (Lipinski definition) is 0. The van der Waals surface area contributed by atoms with Crippen LogP contribution in [0.5, 0.6) is 0 Å². The SMILES string of the molecule is C=Cc1cccc(CSc2ccc(C)cc2)c1. The van der Waals surface area contributed by atoms with Crippen molar-refractivity contribution in [2.45, 2.75) is 17.6 Å². The Balaban J connectivity index is 2.01. The number of hydrogen-bond acceptors (Lipinski definition) is 1. The smallest absolute Gasteiger partial charge is 0.0232 e. The number of thioether (sulfide) groups is 1. The minimum Gasteiger partial charge on any atom is -0.121 e. The summed E-state index contributed by atoms with van der Waals surface area (Å²) < 4.78 is 0. The van der Waals surface area contributed by atoms with Crippen molar-refractivity contribution in [2.24, 2.45) is 0 Å². The molecule has 0 nitrogen and oxygen atoms in total. The van der Waals surface area contributed by atoms with Crippen molar-refractivity contribution in [3.63, 3.8) is 0 Å². The molecule has 0 saturated heterocycles. The molecule has 0 aliphatic rings.